The second-order valence-electron chi connectivity index (χ2n) is 16.0. The summed E-state index contributed by atoms with van der Waals surface area (Å²) in [5.41, 5.74) is -2.87. The molecule has 1 atom stereocenters. The predicted octanol–water partition coefficient (Wildman–Crippen LogP) is 14.8. The van der Waals surface area contributed by atoms with E-state index >= 15 is 0 Å². The average molecular weight is 1050 g/mol. The Morgan fingerprint density at radius 2 is 0.913 bits per heavy atom. The minimum atomic E-state index is -5.36. The number of hydrogen-bond acceptors (Lipinski definition) is 2. The minimum Gasteiger partial charge on any atom is -0.496 e. The molecule has 7 rings (SSSR count). The molecule has 5 aromatic carbocycles. The molecule has 0 N–H and O–H groups in total. The SMILES string of the molecule is COc1c(C)cc(P(c2cc(C)c(OC)c(C)c2)[C-]2C=CC=C/C2=C2/C=CC=C2C(C)P(c2cc(C(F)(F)F)cc(C(F)(F)F)c2)c2cc(C(F)(F)F)cc(C(F)(F)F)c2)cc1C.[Fe+2].c1cc[cH-]c1. The van der Waals surface area contributed by atoms with Crippen molar-refractivity contribution in [1.82, 2.24) is 0 Å². The summed E-state index contributed by atoms with van der Waals surface area (Å²) in [6, 6.07) is 19.2. The van der Waals surface area contributed by atoms with Gasteiger partial charge in [0.05, 0.1) is 36.5 Å². The molecule has 0 aromatic heterocycles. The molecule has 2 nitrogen and oxygen atoms in total. The maximum atomic E-state index is 14.3. The van der Waals surface area contributed by atoms with Crippen molar-refractivity contribution in [2.24, 2.45) is 0 Å². The quantitative estimate of drug-likeness (QED) is 0.0634. The molecule has 0 radical (unpaired) electrons. The summed E-state index contributed by atoms with van der Waals surface area (Å²) in [6.45, 7) is 8.98. The van der Waals surface area contributed by atoms with Gasteiger partial charge in [0.1, 0.15) is 11.5 Å². The smallest absolute Gasteiger partial charge is 0.496 e. The van der Waals surface area contributed by atoms with Gasteiger partial charge in [-0.15, -0.1) is 29.9 Å². The van der Waals surface area contributed by atoms with E-state index in [0.29, 0.717) is 46.9 Å². The number of ether oxygens (including phenoxy) is 2. The van der Waals surface area contributed by atoms with Gasteiger partial charge in [-0.25, -0.2) is 12.1 Å². The summed E-state index contributed by atoms with van der Waals surface area (Å²) in [5.74, 6) is 1.35. The van der Waals surface area contributed by atoms with Crippen LogP contribution in [0.4, 0.5) is 52.7 Å². The van der Waals surface area contributed by atoms with Gasteiger partial charge in [0.15, 0.2) is 0 Å². The standard InChI is InChI=1S/C47H39F12O2P2.C5H5.Fe/c1-25-15-34(16-26(2)42(25)60-6)63(35-17-27(3)43(61-7)28(4)18-35)41-14-9-8-11-40(41)39-13-10-12-38(39)29(5)62(36-21-30(44(48,49)50)19-31(22-36)45(51,52)53)37-23-32(46(54,55)56)20-33(24-37)47(57,58)59;1-2-4-5-3-1;/h8-24,29H,1-7H3;1-5H;/q2*-1;+2/b40-39+;;. The van der Waals surface area contributed by atoms with E-state index in [9.17, 15) is 52.7 Å². The zero-order valence-corrected chi connectivity index (χ0v) is 40.8. The number of halogens is 12. The Labute approximate surface area is 405 Å². The van der Waals surface area contributed by atoms with Crippen LogP contribution in [0, 0.1) is 33.4 Å². The van der Waals surface area contributed by atoms with E-state index in [1.165, 1.54) is 13.0 Å². The van der Waals surface area contributed by atoms with Gasteiger partial charge in [-0.3, -0.25) is 0 Å². The van der Waals surface area contributed by atoms with Crippen molar-refractivity contribution in [3.63, 3.8) is 0 Å². The van der Waals surface area contributed by atoms with Crippen molar-refractivity contribution < 1.29 is 79.2 Å². The minimum absolute atomic E-state index is 0. The third-order valence-electron chi connectivity index (χ3n) is 11.2. The Morgan fingerprint density at radius 1 is 0.522 bits per heavy atom. The van der Waals surface area contributed by atoms with E-state index in [2.05, 4.69) is 0 Å². The molecular weight excluding hydrogens is 1000 g/mol. The number of rotatable bonds is 9. The normalized spacial score (nSPS) is 15.6. The first-order chi connectivity index (χ1) is 31.7. The van der Waals surface area contributed by atoms with Gasteiger partial charge in [0.25, 0.3) is 0 Å². The summed E-state index contributed by atoms with van der Waals surface area (Å²) in [7, 11) is -1.25. The summed E-state index contributed by atoms with van der Waals surface area (Å²) in [6.07, 6.45) is -9.44. The van der Waals surface area contributed by atoms with E-state index in [1.807, 2.05) is 94.4 Å². The molecule has 0 fully saturated rings. The van der Waals surface area contributed by atoms with Crippen molar-refractivity contribution in [1.29, 1.82) is 0 Å². The third-order valence-corrected chi connectivity index (χ3v) is 16.3. The summed E-state index contributed by atoms with van der Waals surface area (Å²) >= 11 is 0. The monoisotopic (exact) mass is 1050 g/mol. The molecule has 17 heteroatoms. The zero-order valence-electron chi connectivity index (χ0n) is 37.9. The zero-order chi connectivity index (χ0) is 50.1. The van der Waals surface area contributed by atoms with Crippen LogP contribution in [0.1, 0.15) is 51.4 Å². The van der Waals surface area contributed by atoms with Crippen LogP contribution in [-0.4, -0.2) is 19.9 Å². The summed E-state index contributed by atoms with van der Waals surface area (Å²) < 4.78 is 183. The van der Waals surface area contributed by atoms with Gasteiger partial charge in [-0.05, 0) is 140 Å². The molecule has 5 aromatic rings. The first-order valence-corrected chi connectivity index (χ1v) is 23.5. The molecule has 2 aliphatic carbocycles. The molecule has 0 bridgehead atoms. The molecule has 69 heavy (non-hydrogen) atoms. The molecule has 0 heterocycles. The molecule has 0 amide bonds. The first kappa shape index (κ1) is 54.9. The molecule has 0 saturated heterocycles. The van der Waals surface area contributed by atoms with Crippen LogP contribution in [0.2, 0.25) is 0 Å². The van der Waals surface area contributed by atoms with Crippen LogP contribution in [0.5, 0.6) is 11.5 Å². The number of aryl methyl sites for hydroxylation is 4. The Hall–Kier alpha value is -5.06. The molecule has 1 unspecified atom stereocenters. The Balaban J connectivity index is 0.00000139. The second-order valence-corrected chi connectivity index (χ2v) is 20.7. The maximum absolute atomic E-state index is 14.3. The van der Waals surface area contributed by atoms with E-state index in [-0.39, 0.29) is 34.8 Å². The molecule has 0 spiro atoms. The van der Waals surface area contributed by atoms with Gasteiger partial charge in [0, 0.05) is 5.66 Å². The van der Waals surface area contributed by atoms with Crippen LogP contribution in [0.25, 0.3) is 0 Å². The number of benzene rings is 4. The third kappa shape index (κ3) is 12.5. The fraction of sp³-hybridized carbons (Fsp3) is 0.231. The fourth-order valence-corrected chi connectivity index (χ4v) is 14.0. The van der Waals surface area contributed by atoms with Gasteiger partial charge < -0.3 is 9.47 Å². The van der Waals surface area contributed by atoms with Gasteiger partial charge in [-0.2, -0.15) is 70.9 Å². The van der Waals surface area contributed by atoms with Crippen LogP contribution in [0.3, 0.4) is 0 Å². The van der Waals surface area contributed by atoms with Gasteiger partial charge in [0.2, 0.25) is 0 Å². The fourth-order valence-electron chi connectivity index (χ4n) is 8.34. The summed E-state index contributed by atoms with van der Waals surface area (Å²) in [5, 5.41) is 0.354. The molecule has 2 aliphatic rings. The van der Waals surface area contributed by atoms with Crippen LogP contribution < -0.4 is 30.7 Å². The summed E-state index contributed by atoms with van der Waals surface area (Å²) in [4.78, 5) is 0. The van der Waals surface area contributed by atoms with Crippen LogP contribution >= 0.6 is 15.8 Å². The second kappa shape index (κ2) is 21.5. The number of methoxy groups -OCH3 is 2. The average Bonchev–Trinajstić information content (AvgIpc) is 4.00. The number of hydrogen-bond donors (Lipinski definition) is 0. The topological polar surface area (TPSA) is 18.5 Å². The predicted molar refractivity (Wildman–Crippen MR) is 247 cm³/mol. The van der Waals surface area contributed by atoms with Gasteiger partial charge in [-0.1, -0.05) is 49.9 Å². The van der Waals surface area contributed by atoms with E-state index in [0.717, 1.165) is 38.5 Å². The van der Waals surface area contributed by atoms with E-state index < -0.39 is 79.1 Å². The maximum Gasteiger partial charge on any atom is 2.00 e. The molecule has 366 valence electrons. The van der Waals surface area contributed by atoms with Crippen molar-refractivity contribution >= 4 is 37.1 Å². The van der Waals surface area contributed by atoms with Crippen molar-refractivity contribution in [2.75, 3.05) is 14.2 Å². The van der Waals surface area contributed by atoms with Crippen LogP contribution in [-0.2, 0) is 41.8 Å². The molecule has 0 aliphatic heterocycles. The Bertz CT molecular complexity index is 2530. The largest absolute Gasteiger partial charge is 2.00 e. The molecular formula is C52H44F12FeO2P2. The van der Waals surface area contributed by atoms with E-state index in [1.54, 1.807) is 38.5 Å². The Morgan fingerprint density at radius 3 is 1.25 bits per heavy atom. The number of alkyl halides is 12. The van der Waals surface area contributed by atoms with Crippen molar-refractivity contribution in [2.45, 2.75) is 65.0 Å². The Kier molecular flexibility index (Phi) is 17.1. The van der Waals surface area contributed by atoms with Crippen molar-refractivity contribution in [3.05, 3.63) is 200 Å². The van der Waals surface area contributed by atoms with Crippen molar-refractivity contribution in [3.8, 4) is 11.5 Å². The van der Waals surface area contributed by atoms with Gasteiger partial charge >= 0.3 is 41.8 Å². The van der Waals surface area contributed by atoms with E-state index in [4.69, 9.17) is 9.47 Å². The number of allylic oxidation sites excluding steroid dienone is 10. The molecule has 0 saturated carbocycles. The first-order valence-electron chi connectivity index (χ1n) is 20.7. The van der Waals surface area contributed by atoms with Crippen LogP contribution in [0.15, 0.2) is 150 Å².